The summed E-state index contributed by atoms with van der Waals surface area (Å²) in [5.41, 5.74) is 2.25. The summed E-state index contributed by atoms with van der Waals surface area (Å²) in [5, 5.41) is 8.25. The smallest absolute Gasteiger partial charge is 0.271 e. The quantitative estimate of drug-likeness (QED) is 0.926. The average Bonchev–Trinajstić information content (AvgIpc) is 3.04. The van der Waals surface area contributed by atoms with Crippen LogP contribution in [0.5, 0.6) is 0 Å². The lowest BCUT2D eigenvalue weighted by Gasteiger charge is -2.23. The Kier molecular flexibility index (Phi) is 4.09. The summed E-state index contributed by atoms with van der Waals surface area (Å²) in [5.74, 6) is -0.292. The van der Waals surface area contributed by atoms with Crippen molar-refractivity contribution in [2.45, 2.75) is 25.7 Å². The van der Waals surface area contributed by atoms with Gasteiger partial charge in [-0.15, -0.1) is 0 Å². The van der Waals surface area contributed by atoms with Crippen molar-refractivity contribution in [3.8, 4) is 0 Å². The molecule has 0 radical (unpaired) electrons. The van der Waals surface area contributed by atoms with Crippen LogP contribution in [-0.2, 0) is 9.59 Å². The van der Waals surface area contributed by atoms with Crippen molar-refractivity contribution in [1.29, 1.82) is 0 Å². The van der Waals surface area contributed by atoms with Crippen LogP contribution in [0, 0.1) is 0 Å². The Morgan fingerprint density at radius 1 is 1.18 bits per heavy atom. The van der Waals surface area contributed by atoms with Gasteiger partial charge in [0.1, 0.15) is 5.71 Å². The Labute approximate surface area is 129 Å². The van der Waals surface area contributed by atoms with Gasteiger partial charge in [-0.25, -0.2) is 5.01 Å². The number of hydrogen-bond donors (Lipinski definition) is 1. The second-order valence-electron chi connectivity index (χ2n) is 5.63. The van der Waals surface area contributed by atoms with Gasteiger partial charge in [0.2, 0.25) is 5.91 Å². The second kappa shape index (κ2) is 6.17. The summed E-state index contributed by atoms with van der Waals surface area (Å²) in [6.45, 7) is 2.04. The van der Waals surface area contributed by atoms with Crippen LogP contribution in [0.25, 0.3) is 0 Å². The second-order valence-corrected chi connectivity index (χ2v) is 5.63. The zero-order valence-corrected chi connectivity index (χ0v) is 12.7. The number of carbonyl (C=O) groups is 2. The first-order chi connectivity index (χ1) is 10.6. The molecule has 2 aliphatic rings. The van der Waals surface area contributed by atoms with Crippen LogP contribution in [0.2, 0.25) is 0 Å². The minimum absolute atomic E-state index is 0.0611. The molecule has 22 heavy (non-hydrogen) atoms. The molecule has 1 fully saturated rings. The summed E-state index contributed by atoms with van der Waals surface area (Å²) in [4.78, 5) is 26.1. The van der Waals surface area contributed by atoms with Gasteiger partial charge in [0.05, 0.1) is 11.4 Å². The van der Waals surface area contributed by atoms with Gasteiger partial charge >= 0.3 is 0 Å². The molecule has 0 aromatic heterocycles. The number of nitrogens with zero attached hydrogens (tertiary/aromatic N) is 3. The Morgan fingerprint density at radius 2 is 1.91 bits per heavy atom. The highest BCUT2D eigenvalue weighted by Crippen LogP contribution is 2.28. The van der Waals surface area contributed by atoms with Crippen molar-refractivity contribution >= 4 is 28.9 Å². The highest BCUT2D eigenvalue weighted by molar-refractivity contribution is 6.43. The number of anilines is 2. The fraction of sp³-hybridized carbons (Fsp3) is 0.438. The van der Waals surface area contributed by atoms with Crippen LogP contribution in [0.4, 0.5) is 11.4 Å². The highest BCUT2D eigenvalue weighted by Gasteiger charge is 2.23. The number of hydrazone groups is 1. The van der Waals surface area contributed by atoms with Crippen LogP contribution in [0.1, 0.15) is 25.7 Å². The van der Waals surface area contributed by atoms with E-state index in [1.54, 1.807) is 7.05 Å². The molecule has 0 aliphatic carbocycles. The number of nitrogens with one attached hydrogen (secondary N) is 1. The van der Waals surface area contributed by atoms with E-state index in [-0.39, 0.29) is 11.8 Å². The molecule has 3 rings (SSSR count). The Bertz CT molecular complexity index is 620. The minimum atomic E-state index is -0.231. The molecule has 0 saturated carbocycles. The molecule has 0 spiro atoms. The van der Waals surface area contributed by atoms with Crippen molar-refractivity contribution in [1.82, 2.24) is 5.01 Å². The maximum Gasteiger partial charge on any atom is 0.271 e. The summed E-state index contributed by atoms with van der Waals surface area (Å²) >= 11 is 0. The summed E-state index contributed by atoms with van der Waals surface area (Å²) in [7, 11) is 1.58. The predicted molar refractivity (Wildman–Crippen MR) is 86.0 cm³/mol. The van der Waals surface area contributed by atoms with Crippen LogP contribution in [0.15, 0.2) is 29.4 Å². The molecular formula is C16H20N4O2. The molecule has 0 unspecified atom stereocenters. The van der Waals surface area contributed by atoms with E-state index in [1.165, 1.54) is 17.9 Å². The third kappa shape index (κ3) is 2.95. The monoisotopic (exact) mass is 300 g/mol. The molecule has 0 bridgehead atoms. The molecule has 2 amide bonds. The van der Waals surface area contributed by atoms with E-state index in [4.69, 9.17) is 0 Å². The SMILES string of the molecule is CN1N=C(C(=O)Nc2ccccc2N2CCCC2)CCC1=O. The van der Waals surface area contributed by atoms with Crippen molar-refractivity contribution in [3.63, 3.8) is 0 Å². The minimum Gasteiger partial charge on any atom is -0.370 e. The number of para-hydroxylation sites is 2. The van der Waals surface area contributed by atoms with E-state index in [0.717, 1.165) is 24.5 Å². The van der Waals surface area contributed by atoms with Crippen molar-refractivity contribution < 1.29 is 9.59 Å². The number of amides is 2. The number of hydrogen-bond acceptors (Lipinski definition) is 4. The van der Waals surface area contributed by atoms with Crippen LogP contribution in [-0.4, -0.2) is 42.7 Å². The first-order valence-corrected chi connectivity index (χ1v) is 7.64. The van der Waals surface area contributed by atoms with Crippen molar-refractivity contribution in [3.05, 3.63) is 24.3 Å². The lowest BCUT2D eigenvalue weighted by Crippen LogP contribution is -2.34. The largest absolute Gasteiger partial charge is 0.370 e. The van der Waals surface area contributed by atoms with E-state index in [2.05, 4.69) is 15.3 Å². The first kappa shape index (κ1) is 14.6. The molecule has 2 aliphatic heterocycles. The van der Waals surface area contributed by atoms with E-state index in [9.17, 15) is 9.59 Å². The van der Waals surface area contributed by atoms with Crippen LogP contribution >= 0.6 is 0 Å². The first-order valence-electron chi connectivity index (χ1n) is 7.64. The van der Waals surface area contributed by atoms with Crippen LogP contribution in [0.3, 0.4) is 0 Å². The van der Waals surface area contributed by atoms with E-state index in [1.807, 2.05) is 24.3 Å². The number of benzene rings is 1. The third-order valence-corrected chi connectivity index (χ3v) is 4.07. The fourth-order valence-corrected chi connectivity index (χ4v) is 2.84. The van der Waals surface area contributed by atoms with E-state index in [0.29, 0.717) is 18.6 Å². The van der Waals surface area contributed by atoms with Crippen molar-refractivity contribution in [2.75, 3.05) is 30.4 Å². The Morgan fingerprint density at radius 3 is 2.64 bits per heavy atom. The Balaban J connectivity index is 1.77. The summed E-state index contributed by atoms with van der Waals surface area (Å²) in [6, 6.07) is 7.82. The highest BCUT2D eigenvalue weighted by atomic mass is 16.2. The third-order valence-electron chi connectivity index (χ3n) is 4.07. The predicted octanol–water partition coefficient (Wildman–Crippen LogP) is 1.83. The molecule has 2 heterocycles. The van der Waals surface area contributed by atoms with Gasteiger partial charge in [-0.05, 0) is 25.0 Å². The van der Waals surface area contributed by atoms with Gasteiger partial charge in [-0.3, -0.25) is 9.59 Å². The zero-order chi connectivity index (χ0) is 15.5. The normalized spacial score (nSPS) is 18.4. The molecule has 1 N–H and O–H groups in total. The van der Waals surface area contributed by atoms with E-state index >= 15 is 0 Å². The van der Waals surface area contributed by atoms with Crippen LogP contribution < -0.4 is 10.2 Å². The summed E-state index contributed by atoms with van der Waals surface area (Å²) < 4.78 is 0. The zero-order valence-electron chi connectivity index (χ0n) is 12.7. The molecule has 6 heteroatoms. The van der Waals surface area contributed by atoms with Gasteiger partial charge in [0.15, 0.2) is 0 Å². The molecule has 1 saturated heterocycles. The molecule has 116 valence electrons. The fourth-order valence-electron chi connectivity index (χ4n) is 2.84. The maximum absolute atomic E-state index is 12.4. The standard InChI is InChI=1S/C16H20N4O2/c1-19-15(21)9-8-13(18-19)16(22)17-12-6-2-3-7-14(12)20-10-4-5-11-20/h2-3,6-7H,4-5,8-11H2,1H3,(H,17,22). The van der Waals surface area contributed by atoms with Gasteiger partial charge in [-0.2, -0.15) is 5.10 Å². The van der Waals surface area contributed by atoms with Gasteiger partial charge < -0.3 is 10.2 Å². The molecular weight excluding hydrogens is 280 g/mol. The Hall–Kier alpha value is -2.37. The van der Waals surface area contributed by atoms with Crippen molar-refractivity contribution in [2.24, 2.45) is 5.10 Å². The lowest BCUT2D eigenvalue weighted by atomic mass is 10.1. The molecule has 1 aromatic rings. The van der Waals surface area contributed by atoms with Gasteiger partial charge in [-0.1, -0.05) is 12.1 Å². The number of carbonyl (C=O) groups excluding carboxylic acids is 2. The summed E-state index contributed by atoms with van der Waals surface area (Å²) in [6.07, 6.45) is 3.08. The molecule has 0 atom stereocenters. The van der Waals surface area contributed by atoms with E-state index < -0.39 is 0 Å². The average molecular weight is 300 g/mol. The van der Waals surface area contributed by atoms with Gasteiger partial charge in [0.25, 0.3) is 5.91 Å². The number of rotatable bonds is 3. The molecule has 6 nitrogen and oxygen atoms in total. The lowest BCUT2D eigenvalue weighted by molar-refractivity contribution is -0.130. The molecule has 1 aromatic carbocycles. The van der Waals surface area contributed by atoms with Gasteiger partial charge in [0, 0.05) is 33.0 Å². The maximum atomic E-state index is 12.4. The topological polar surface area (TPSA) is 65.0 Å².